The van der Waals surface area contributed by atoms with Crippen LogP contribution in [0, 0.1) is 18.8 Å². The molecule has 1 aromatic heterocycles. The fourth-order valence-corrected chi connectivity index (χ4v) is 7.36. The van der Waals surface area contributed by atoms with Gasteiger partial charge in [0.25, 0.3) is 5.91 Å². The highest BCUT2D eigenvalue weighted by molar-refractivity contribution is 5.99. The number of nitrogens with zero attached hydrogens (tertiary/aromatic N) is 2. The van der Waals surface area contributed by atoms with Gasteiger partial charge in [0.05, 0.1) is 11.0 Å². The third kappa shape index (κ3) is 9.85. The topological polar surface area (TPSA) is 145 Å². The molecule has 56 heavy (non-hydrogen) atoms. The second kappa shape index (κ2) is 17.7. The van der Waals surface area contributed by atoms with Crippen molar-refractivity contribution < 1.29 is 36.3 Å². The average molecular weight is 804 g/mol. The number of imidazole rings is 1. The molecule has 10 nitrogen and oxygen atoms in total. The predicted octanol–water partition coefficient (Wildman–Crippen LogP) is 6.87. The molecular formula is C40H47ClF5N7O3. The number of nitrogens with one attached hydrogen (secondary N) is 4. The summed E-state index contributed by atoms with van der Waals surface area (Å²) in [4.78, 5) is 47.9. The molecule has 6 N–H and O–H groups in total. The van der Waals surface area contributed by atoms with Crippen LogP contribution in [0.4, 0.5) is 27.6 Å². The van der Waals surface area contributed by atoms with E-state index in [-0.39, 0.29) is 59.3 Å². The van der Waals surface area contributed by atoms with Crippen LogP contribution in [0.1, 0.15) is 65.8 Å². The average Bonchev–Trinajstić information content (AvgIpc) is 3.60. The molecule has 4 aromatic rings. The Bertz CT molecular complexity index is 2010. The third-order valence-corrected chi connectivity index (χ3v) is 10.8. The lowest BCUT2D eigenvalue weighted by Crippen LogP contribution is -2.48. The summed E-state index contributed by atoms with van der Waals surface area (Å²) in [6.45, 7) is 4.37. The van der Waals surface area contributed by atoms with Crippen molar-refractivity contribution in [2.24, 2.45) is 17.6 Å². The fourth-order valence-electron chi connectivity index (χ4n) is 7.36. The Kier molecular flexibility index (Phi) is 13.4. The predicted molar refractivity (Wildman–Crippen MR) is 207 cm³/mol. The van der Waals surface area contributed by atoms with Gasteiger partial charge in [-0.3, -0.25) is 14.4 Å². The number of carbonyl (C=O) groups is 3. The number of amides is 3. The number of aromatic amines is 1. The van der Waals surface area contributed by atoms with Crippen molar-refractivity contribution in [1.82, 2.24) is 25.5 Å². The Hall–Kier alpha value is -4.60. The number of hydrogen-bond donors (Lipinski definition) is 5. The highest BCUT2D eigenvalue weighted by Crippen LogP contribution is 2.43. The van der Waals surface area contributed by atoms with Gasteiger partial charge < -0.3 is 31.6 Å². The van der Waals surface area contributed by atoms with E-state index in [9.17, 15) is 36.3 Å². The van der Waals surface area contributed by atoms with Crippen LogP contribution < -0.4 is 21.7 Å². The summed E-state index contributed by atoms with van der Waals surface area (Å²) in [5.74, 6) is -7.69. The Morgan fingerprint density at radius 3 is 2.23 bits per heavy atom. The number of likely N-dealkylation sites (tertiary alicyclic amines) is 1. The standard InChI is InChI=1S/C40H46F5N7O3.ClH/c1-23-19-28(36(54)47-29-15-17-52(2)18-16-29)11-13-31(23)26-7-3-24(4-8-26)20-34(49-35(53)27-9-5-25(22-46)6-10-27)37(55)48-30-12-14-32-33(21-30)51-38(50-32)39(41,42)40(43,44)45;/h3-4,7-8,11-14,19,21,25,27,29,34H,5-6,9-10,15-18,20,22,46H2,1-2H3,(H,47,54)(H,48,55)(H,49,53)(H,50,51);1H/t25-,27-,34-;/m0./s1. The lowest BCUT2D eigenvalue weighted by molar-refractivity contribution is -0.292. The SMILES string of the molecule is Cc1cc(C(=O)NC2CCN(C)CC2)ccc1-c1ccc(C[C@H](NC(=O)[C@H]2CC[C@H](CN)CC2)C(=O)Nc2ccc3[nH]c(C(F)(F)C(F)(F)F)nc3c2)cc1.Cl. The first-order valence-electron chi connectivity index (χ1n) is 18.6. The lowest BCUT2D eigenvalue weighted by atomic mass is 9.81. The van der Waals surface area contributed by atoms with Gasteiger partial charge >= 0.3 is 12.1 Å². The van der Waals surface area contributed by atoms with Crippen molar-refractivity contribution in [2.75, 3.05) is 32.0 Å². The van der Waals surface area contributed by atoms with Gasteiger partial charge in [0.1, 0.15) is 6.04 Å². The molecule has 302 valence electrons. The van der Waals surface area contributed by atoms with Crippen molar-refractivity contribution >= 4 is 46.8 Å². The number of carbonyl (C=O) groups excluding carboxylic acids is 3. The van der Waals surface area contributed by atoms with E-state index >= 15 is 0 Å². The molecule has 1 aliphatic carbocycles. The van der Waals surface area contributed by atoms with Crippen LogP contribution in [0.2, 0.25) is 0 Å². The van der Waals surface area contributed by atoms with Crippen molar-refractivity contribution in [3.63, 3.8) is 0 Å². The molecule has 0 unspecified atom stereocenters. The molecule has 16 heteroatoms. The Morgan fingerprint density at radius 2 is 1.61 bits per heavy atom. The minimum atomic E-state index is -5.85. The summed E-state index contributed by atoms with van der Waals surface area (Å²) >= 11 is 0. The van der Waals surface area contributed by atoms with Crippen molar-refractivity contribution in [2.45, 2.75) is 76.1 Å². The van der Waals surface area contributed by atoms with Gasteiger partial charge in [0.15, 0.2) is 5.82 Å². The molecule has 1 saturated carbocycles. The quantitative estimate of drug-likeness (QED) is 0.105. The smallest absolute Gasteiger partial charge is 0.349 e. The molecular weight excluding hydrogens is 757 g/mol. The summed E-state index contributed by atoms with van der Waals surface area (Å²) in [5, 5.41) is 8.72. The number of aromatic nitrogens is 2. The summed E-state index contributed by atoms with van der Waals surface area (Å²) in [6.07, 6.45) is -1.05. The van der Waals surface area contributed by atoms with E-state index in [1.54, 1.807) is 6.07 Å². The van der Waals surface area contributed by atoms with Crippen LogP contribution in [0.5, 0.6) is 0 Å². The van der Waals surface area contributed by atoms with E-state index in [0.717, 1.165) is 61.0 Å². The van der Waals surface area contributed by atoms with Crippen molar-refractivity contribution in [3.05, 3.63) is 83.2 Å². The Morgan fingerprint density at radius 1 is 0.929 bits per heavy atom. The van der Waals surface area contributed by atoms with E-state index in [1.165, 1.54) is 18.2 Å². The van der Waals surface area contributed by atoms with E-state index in [2.05, 4.69) is 32.9 Å². The number of rotatable bonds is 11. The Balaban J connectivity index is 0.00000600. The van der Waals surface area contributed by atoms with Crippen LogP contribution in [0.3, 0.4) is 0 Å². The Labute approximate surface area is 328 Å². The van der Waals surface area contributed by atoms with Gasteiger partial charge in [0, 0.05) is 29.6 Å². The number of H-pyrrole nitrogens is 1. The molecule has 6 rings (SSSR count). The minimum Gasteiger partial charge on any atom is -0.349 e. The van der Waals surface area contributed by atoms with Crippen molar-refractivity contribution in [1.29, 1.82) is 0 Å². The molecule has 1 saturated heterocycles. The molecule has 0 radical (unpaired) electrons. The summed E-state index contributed by atoms with van der Waals surface area (Å²) < 4.78 is 66.8. The first-order chi connectivity index (χ1) is 26.1. The van der Waals surface area contributed by atoms with E-state index < -0.39 is 29.9 Å². The number of fused-ring (bicyclic) bond motifs is 1. The van der Waals surface area contributed by atoms with Crippen LogP contribution in [0.15, 0.2) is 60.7 Å². The molecule has 1 atom stereocenters. The maximum atomic E-state index is 14.0. The number of piperidine rings is 1. The largest absolute Gasteiger partial charge is 0.461 e. The molecule has 0 bridgehead atoms. The van der Waals surface area contributed by atoms with Gasteiger partial charge in [-0.25, -0.2) is 4.98 Å². The maximum Gasteiger partial charge on any atom is 0.461 e. The number of halogens is 6. The van der Waals surface area contributed by atoms with Gasteiger partial charge in [-0.2, -0.15) is 22.0 Å². The molecule has 2 heterocycles. The number of benzene rings is 3. The normalized spacial score (nSPS) is 18.9. The molecule has 3 aromatic carbocycles. The molecule has 2 fully saturated rings. The van der Waals surface area contributed by atoms with Gasteiger partial charge in [-0.15, -0.1) is 12.4 Å². The van der Waals surface area contributed by atoms with E-state index in [4.69, 9.17) is 5.73 Å². The summed E-state index contributed by atoms with van der Waals surface area (Å²) in [6, 6.07) is 16.0. The number of anilines is 1. The molecule has 3 amide bonds. The van der Waals surface area contributed by atoms with Crippen molar-refractivity contribution in [3.8, 4) is 11.1 Å². The van der Waals surface area contributed by atoms with Crippen LogP contribution >= 0.6 is 12.4 Å². The first kappa shape index (κ1) is 42.5. The van der Waals surface area contributed by atoms with Crippen LogP contribution in [-0.2, 0) is 21.9 Å². The van der Waals surface area contributed by atoms with Gasteiger partial charge in [0.2, 0.25) is 11.8 Å². The fraction of sp³-hybridized carbons (Fsp3) is 0.450. The zero-order chi connectivity index (χ0) is 39.5. The van der Waals surface area contributed by atoms with Gasteiger partial charge in [-0.05, 0) is 131 Å². The monoisotopic (exact) mass is 803 g/mol. The molecule has 0 spiro atoms. The van der Waals surface area contributed by atoms with Gasteiger partial charge in [-0.1, -0.05) is 30.3 Å². The number of hydrogen-bond acceptors (Lipinski definition) is 6. The molecule has 2 aliphatic rings. The van der Waals surface area contributed by atoms with Crippen LogP contribution in [0.25, 0.3) is 22.2 Å². The molecule has 1 aliphatic heterocycles. The first-order valence-corrected chi connectivity index (χ1v) is 18.6. The lowest BCUT2D eigenvalue weighted by Gasteiger charge is -2.29. The second-order valence-electron chi connectivity index (χ2n) is 14.9. The zero-order valence-electron chi connectivity index (χ0n) is 31.1. The highest BCUT2D eigenvalue weighted by atomic mass is 35.5. The summed E-state index contributed by atoms with van der Waals surface area (Å²) in [7, 11) is 2.07. The number of nitrogens with two attached hydrogens (primary N) is 1. The number of alkyl halides is 5. The summed E-state index contributed by atoms with van der Waals surface area (Å²) in [5.41, 5.74) is 9.72. The second-order valence-corrected chi connectivity index (χ2v) is 14.9. The third-order valence-electron chi connectivity index (χ3n) is 10.8. The van der Waals surface area contributed by atoms with E-state index in [1.807, 2.05) is 48.3 Å². The number of aryl methyl sites for hydroxylation is 1. The maximum absolute atomic E-state index is 14.0. The zero-order valence-corrected chi connectivity index (χ0v) is 32.0. The minimum absolute atomic E-state index is 0. The highest BCUT2D eigenvalue weighted by Gasteiger charge is 2.61. The van der Waals surface area contributed by atoms with E-state index in [0.29, 0.717) is 30.9 Å². The van der Waals surface area contributed by atoms with Crippen LogP contribution in [-0.4, -0.2) is 77.5 Å².